The number of thiazole rings is 1. The maximum atomic E-state index is 13.1. The van der Waals surface area contributed by atoms with Crippen LogP contribution in [0.4, 0.5) is 5.13 Å². The molecule has 1 saturated heterocycles. The average Bonchev–Trinajstić information content (AvgIpc) is 3.39. The van der Waals surface area contributed by atoms with E-state index in [1.165, 1.54) is 11.3 Å². The Kier molecular flexibility index (Phi) is 5.47. The lowest BCUT2D eigenvalue weighted by Gasteiger charge is -2.22. The van der Waals surface area contributed by atoms with Crippen molar-refractivity contribution in [1.29, 1.82) is 0 Å². The molecule has 27 heavy (non-hydrogen) atoms. The molecule has 1 amide bonds. The Labute approximate surface area is 169 Å². The van der Waals surface area contributed by atoms with Gasteiger partial charge < -0.3 is 13.9 Å². The molecule has 1 aliphatic rings. The average molecular weight is 451 g/mol. The summed E-state index contributed by atoms with van der Waals surface area (Å²) >= 11 is 4.72. The molecule has 142 valence electrons. The van der Waals surface area contributed by atoms with E-state index in [0.717, 1.165) is 35.4 Å². The van der Waals surface area contributed by atoms with Gasteiger partial charge in [-0.1, -0.05) is 11.3 Å². The standard InChI is InChI=1S/C19H19BrN2O4S/c1-2-24-12-5-6-14-16(10-12)27-19(21-14)22(11-13-4-3-9-25-13)18(23)15-7-8-17(20)26-15/h5-8,10,13H,2-4,9,11H2,1H3. The van der Waals surface area contributed by atoms with E-state index in [9.17, 15) is 4.79 Å². The number of fused-ring (bicyclic) bond motifs is 1. The van der Waals surface area contributed by atoms with E-state index < -0.39 is 0 Å². The molecule has 1 aliphatic heterocycles. The van der Waals surface area contributed by atoms with Crippen molar-refractivity contribution in [3.8, 4) is 5.75 Å². The highest BCUT2D eigenvalue weighted by Gasteiger charge is 2.28. The Morgan fingerprint density at radius 2 is 2.30 bits per heavy atom. The number of anilines is 1. The summed E-state index contributed by atoms with van der Waals surface area (Å²) in [6.45, 7) is 3.74. The molecule has 2 aromatic heterocycles. The number of hydrogen-bond acceptors (Lipinski definition) is 6. The fraction of sp³-hybridized carbons (Fsp3) is 0.368. The third kappa shape index (κ3) is 4.02. The Morgan fingerprint density at radius 3 is 3.00 bits per heavy atom. The molecule has 3 heterocycles. The third-order valence-electron chi connectivity index (χ3n) is 4.33. The van der Waals surface area contributed by atoms with Crippen molar-refractivity contribution in [3.05, 3.63) is 40.8 Å². The number of furan rings is 1. The monoisotopic (exact) mass is 450 g/mol. The minimum atomic E-state index is -0.222. The zero-order chi connectivity index (χ0) is 18.8. The maximum absolute atomic E-state index is 13.1. The fourth-order valence-electron chi connectivity index (χ4n) is 3.07. The molecule has 0 saturated carbocycles. The largest absolute Gasteiger partial charge is 0.494 e. The molecule has 1 unspecified atom stereocenters. The van der Waals surface area contributed by atoms with Crippen LogP contribution in [0.1, 0.15) is 30.3 Å². The van der Waals surface area contributed by atoms with E-state index in [0.29, 0.717) is 23.0 Å². The SMILES string of the molecule is CCOc1ccc2nc(N(CC3CCCO3)C(=O)c3ccc(Br)o3)sc2c1. The van der Waals surface area contributed by atoms with Gasteiger partial charge in [0, 0.05) is 6.61 Å². The van der Waals surface area contributed by atoms with Gasteiger partial charge in [0.15, 0.2) is 15.6 Å². The summed E-state index contributed by atoms with van der Waals surface area (Å²) in [5, 5.41) is 0.631. The molecule has 0 bridgehead atoms. The van der Waals surface area contributed by atoms with Crippen LogP contribution in [-0.2, 0) is 4.74 Å². The highest BCUT2D eigenvalue weighted by molar-refractivity contribution is 9.10. The second-order valence-corrected chi connectivity index (χ2v) is 8.00. The summed E-state index contributed by atoms with van der Waals surface area (Å²) < 4.78 is 18.3. The molecule has 1 fully saturated rings. The topological polar surface area (TPSA) is 64.8 Å². The first-order valence-corrected chi connectivity index (χ1v) is 10.5. The third-order valence-corrected chi connectivity index (χ3v) is 5.80. The van der Waals surface area contributed by atoms with Crippen LogP contribution in [0.2, 0.25) is 0 Å². The summed E-state index contributed by atoms with van der Waals surface area (Å²) in [6.07, 6.45) is 1.96. The Hall–Kier alpha value is -1.90. The first-order valence-electron chi connectivity index (χ1n) is 8.86. The number of rotatable bonds is 6. The fourth-order valence-corrected chi connectivity index (χ4v) is 4.37. The smallest absolute Gasteiger partial charge is 0.295 e. The molecular weight excluding hydrogens is 432 g/mol. The highest BCUT2D eigenvalue weighted by Crippen LogP contribution is 2.33. The first-order chi connectivity index (χ1) is 13.1. The van der Waals surface area contributed by atoms with Gasteiger partial charge in [-0.05, 0) is 66.0 Å². The number of aromatic nitrogens is 1. The van der Waals surface area contributed by atoms with Crippen LogP contribution < -0.4 is 9.64 Å². The number of hydrogen-bond donors (Lipinski definition) is 0. The number of amides is 1. The van der Waals surface area contributed by atoms with Crippen molar-refractivity contribution in [2.75, 3.05) is 24.7 Å². The summed E-state index contributed by atoms with van der Waals surface area (Å²) in [5.41, 5.74) is 0.837. The van der Waals surface area contributed by atoms with Gasteiger partial charge in [-0.25, -0.2) is 4.98 Å². The second kappa shape index (κ2) is 8.00. The molecule has 1 atom stereocenters. The molecule has 0 radical (unpaired) electrons. The van der Waals surface area contributed by atoms with Crippen molar-refractivity contribution in [2.45, 2.75) is 25.9 Å². The van der Waals surface area contributed by atoms with Crippen molar-refractivity contribution < 1.29 is 18.7 Å². The molecule has 1 aromatic carbocycles. The lowest BCUT2D eigenvalue weighted by Crippen LogP contribution is -2.37. The van der Waals surface area contributed by atoms with Crippen LogP contribution in [0, 0.1) is 0 Å². The van der Waals surface area contributed by atoms with Crippen molar-refractivity contribution in [2.24, 2.45) is 0 Å². The van der Waals surface area contributed by atoms with Gasteiger partial charge in [-0.15, -0.1) is 0 Å². The Morgan fingerprint density at radius 1 is 1.41 bits per heavy atom. The summed E-state index contributed by atoms with van der Waals surface area (Å²) in [4.78, 5) is 19.4. The normalized spacial score (nSPS) is 16.7. The molecule has 8 heteroatoms. The van der Waals surface area contributed by atoms with Crippen LogP contribution in [0.5, 0.6) is 5.75 Å². The number of nitrogens with zero attached hydrogens (tertiary/aromatic N) is 2. The highest BCUT2D eigenvalue weighted by atomic mass is 79.9. The molecule has 3 aromatic rings. The Bertz CT molecular complexity index is 948. The zero-order valence-electron chi connectivity index (χ0n) is 14.8. The second-order valence-electron chi connectivity index (χ2n) is 6.21. The minimum Gasteiger partial charge on any atom is -0.494 e. The van der Waals surface area contributed by atoms with E-state index in [4.69, 9.17) is 13.9 Å². The number of halogens is 1. The quantitative estimate of drug-likeness (QED) is 0.535. The van der Waals surface area contributed by atoms with Crippen LogP contribution in [0.3, 0.4) is 0 Å². The number of carbonyl (C=O) groups excluding carboxylic acids is 1. The van der Waals surface area contributed by atoms with Gasteiger partial charge >= 0.3 is 0 Å². The van der Waals surface area contributed by atoms with Gasteiger partial charge in [-0.2, -0.15) is 0 Å². The van der Waals surface area contributed by atoms with Crippen molar-refractivity contribution >= 4 is 48.5 Å². The number of ether oxygens (including phenoxy) is 2. The minimum absolute atomic E-state index is 0.0124. The van der Waals surface area contributed by atoms with Gasteiger partial charge in [0.1, 0.15) is 5.75 Å². The van der Waals surface area contributed by atoms with Gasteiger partial charge in [0.05, 0.1) is 29.5 Å². The molecule has 4 rings (SSSR count). The van der Waals surface area contributed by atoms with E-state index in [2.05, 4.69) is 20.9 Å². The van der Waals surface area contributed by atoms with Gasteiger partial charge in [0.25, 0.3) is 5.91 Å². The van der Waals surface area contributed by atoms with Crippen LogP contribution in [0.25, 0.3) is 10.2 Å². The lowest BCUT2D eigenvalue weighted by atomic mass is 10.2. The molecule has 0 N–H and O–H groups in total. The molecule has 0 aliphatic carbocycles. The summed E-state index contributed by atoms with van der Waals surface area (Å²) in [6, 6.07) is 9.14. The lowest BCUT2D eigenvalue weighted by molar-refractivity contribution is 0.0894. The van der Waals surface area contributed by atoms with Gasteiger partial charge in [-0.3, -0.25) is 9.69 Å². The van der Waals surface area contributed by atoms with Crippen molar-refractivity contribution in [3.63, 3.8) is 0 Å². The van der Waals surface area contributed by atoms with E-state index in [1.54, 1.807) is 17.0 Å². The molecule has 6 nitrogen and oxygen atoms in total. The predicted octanol–water partition coefficient (Wildman–Crippen LogP) is 4.88. The Balaban J connectivity index is 1.68. The summed E-state index contributed by atoms with van der Waals surface area (Å²) in [7, 11) is 0. The van der Waals surface area contributed by atoms with Crippen LogP contribution >= 0.6 is 27.3 Å². The maximum Gasteiger partial charge on any atom is 0.295 e. The van der Waals surface area contributed by atoms with E-state index in [-0.39, 0.29) is 17.8 Å². The molecule has 0 spiro atoms. The van der Waals surface area contributed by atoms with Gasteiger partial charge in [0.2, 0.25) is 0 Å². The number of benzene rings is 1. The predicted molar refractivity (Wildman–Crippen MR) is 108 cm³/mol. The van der Waals surface area contributed by atoms with E-state index >= 15 is 0 Å². The van der Waals surface area contributed by atoms with Crippen LogP contribution in [0.15, 0.2) is 39.4 Å². The van der Waals surface area contributed by atoms with E-state index in [1.807, 2.05) is 25.1 Å². The van der Waals surface area contributed by atoms with Crippen LogP contribution in [-0.4, -0.2) is 36.8 Å². The molecular formula is C19H19BrN2O4S. The summed E-state index contributed by atoms with van der Waals surface area (Å²) in [5.74, 6) is 0.849. The number of carbonyl (C=O) groups is 1. The first kappa shape index (κ1) is 18.5. The van der Waals surface area contributed by atoms with Crippen molar-refractivity contribution in [1.82, 2.24) is 4.98 Å². The zero-order valence-corrected chi connectivity index (χ0v) is 17.2.